The SMILES string of the molecule is CC(C)OC(=O)COc1cccc(C=NO)c1. The van der Waals surface area contributed by atoms with E-state index in [-0.39, 0.29) is 12.7 Å². The van der Waals surface area contributed by atoms with Crippen molar-refractivity contribution in [2.24, 2.45) is 5.16 Å². The average Bonchev–Trinajstić information content (AvgIpc) is 2.26. The van der Waals surface area contributed by atoms with Crippen LogP contribution in [0, 0.1) is 0 Å². The third-order valence-corrected chi connectivity index (χ3v) is 1.79. The molecular weight excluding hydrogens is 222 g/mol. The second kappa shape index (κ2) is 6.52. The quantitative estimate of drug-likeness (QED) is 0.367. The van der Waals surface area contributed by atoms with Crippen molar-refractivity contribution in [2.45, 2.75) is 20.0 Å². The summed E-state index contributed by atoms with van der Waals surface area (Å²) in [6.45, 7) is 3.41. The molecule has 0 radical (unpaired) electrons. The molecule has 1 rings (SSSR count). The number of nitrogens with zero attached hydrogens (tertiary/aromatic N) is 1. The first-order chi connectivity index (χ1) is 8.11. The molecule has 0 aromatic heterocycles. The van der Waals surface area contributed by atoms with Gasteiger partial charge in [0.15, 0.2) is 6.61 Å². The molecule has 0 saturated carbocycles. The maximum atomic E-state index is 11.2. The Hall–Kier alpha value is -2.04. The summed E-state index contributed by atoms with van der Waals surface area (Å²) in [7, 11) is 0. The van der Waals surface area contributed by atoms with Crippen molar-refractivity contribution < 1.29 is 19.5 Å². The van der Waals surface area contributed by atoms with Gasteiger partial charge in [-0.2, -0.15) is 0 Å². The second-order valence-electron chi connectivity index (χ2n) is 3.64. The van der Waals surface area contributed by atoms with E-state index in [0.29, 0.717) is 11.3 Å². The van der Waals surface area contributed by atoms with Crippen LogP contribution in [0.15, 0.2) is 29.4 Å². The molecule has 0 atom stereocenters. The van der Waals surface area contributed by atoms with Crippen LogP contribution >= 0.6 is 0 Å². The highest BCUT2D eigenvalue weighted by Crippen LogP contribution is 2.12. The van der Waals surface area contributed by atoms with E-state index in [1.54, 1.807) is 38.1 Å². The number of carbonyl (C=O) groups excluding carboxylic acids is 1. The molecule has 0 heterocycles. The maximum Gasteiger partial charge on any atom is 0.344 e. The fraction of sp³-hybridized carbons (Fsp3) is 0.333. The zero-order valence-electron chi connectivity index (χ0n) is 9.79. The summed E-state index contributed by atoms with van der Waals surface area (Å²) < 4.78 is 10.2. The van der Waals surface area contributed by atoms with Gasteiger partial charge in [0, 0.05) is 0 Å². The molecule has 0 bridgehead atoms. The van der Waals surface area contributed by atoms with Gasteiger partial charge in [-0.15, -0.1) is 0 Å². The summed E-state index contributed by atoms with van der Waals surface area (Å²) in [6.07, 6.45) is 1.12. The summed E-state index contributed by atoms with van der Waals surface area (Å²) in [5, 5.41) is 11.3. The molecule has 1 N–H and O–H groups in total. The molecule has 0 amide bonds. The van der Waals surface area contributed by atoms with Gasteiger partial charge in [0.05, 0.1) is 12.3 Å². The smallest absolute Gasteiger partial charge is 0.344 e. The normalized spacial score (nSPS) is 10.8. The van der Waals surface area contributed by atoms with Crippen LogP contribution in [0.3, 0.4) is 0 Å². The molecule has 0 aliphatic carbocycles. The van der Waals surface area contributed by atoms with Gasteiger partial charge < -0.3 is 14.7 Å². The van der Waals surface area contributed by atoms with Crippen LogP contribution in [0.5, 0.6) is 5.75 Å². The van der Waals surface area contributed by atoms with Gasteiger partial charge >= 0.3 is 5.97 Å². The lowest BCUT2D eigenvalue weighted by Crippen LogP contribution is -2.18. The van der Waals surface area contributed by atoms with Crippen LogP contribution in [0.25, 0.3) is 0 Å². The number of esters is 1. The molecule has 0 unspecified atom stereocenters. The number of oxime groups is 1. The number of hydrogen-bond donors (Lipinski definition) is 1. The third kappa shape index (κ3) is 5.01. The summed E-state index contributed by atoms with van der Waals surface area (Å²) in [6, 6.07) is 6.85. The molecule has 5 heteroatoms. The van der Waals surface area contributed by atoms with Crippen LogP contribution < -0.4 is 4.74 Å². The second-order valence-corrected chi connectivity index (χ2v) is 3.64. The Labute approximate surface area is 99.7 Å². The molecule has 0 saturated heterocycles. The summed E-state index contributed by atoms with van der Waals surface area (Å²) in [5.41, 5.74) is 0.683. The number of rotatable bonds is 5. The summed E-state index contributed by atoms with van der Waals surface area (Å²) in [5.74, 6) is 0.101. The number of ether oxygens (including phenoxy) is 2. The van der Waals surface area contributed by atoms with E-state index < -0.39 is 5.97 Å². The average molecular weight is 237 g/mol. The van der Waals surface area contributed by atoms with Crippen molar-refractivity contribution in [3.8, 4) is 5.75 Å². The topological polar surface area (TPSA) is 68.1 Å². The van der Waals surface area contributed by atoms with E-state index in [9.17, 15) is 4.79 Å². The van der Waals surface area contributed by atoms with Gasteiger partial charge in [-0.1, -0.05) is 17.3 Å². The van der Waals surface area contributed by atoms with E-state index in [1.165, 1.54) is 6.21 Å². The Morgan fingerprint density at radius 3 is 2.94 bits per heavy atom. The highest BCUT2D eigenvalue weighted by molar-refractivity contribution is 5.79. The van der Waals surface area contributed by atoms with Gasteiger partial charge in [-0.25, -0.2) is 4.79 Å². The standard InChI is InChI=1S/C12H15NO4/c1-9(2)17-12(14)8-16-11-5-3-4-10(6-11)7-13-15/h3-7,9,15H,8H2,1-2H3. The highest BCUT2D eigenvalue weighted by atomic mass is 16.6. The molecule has 1 aromatic carbocycles. The van der Waals surface area contributed by atoms with E-state index in [4.69, 9.17) is 14.7 Å². The van der Waals surface area contributed by atoms with Crippen LogP contribution in [0.4, 0.5) is 0 Å². The summed E-state index contributed by atoms with van der Waals surface area (Å²) in [4.78, 5) is 11.2. The molecule has 92 valence electrons. The van der Waals surface area contributed by atoms with Gasteiger partial charge in [0.1, 0.15) is 5.75 Å². The number of carbonyl (C=O) groups is 1. The maximum absolute atomic E-state index is 11.2. The van der Waals surface area contributed by atoms with Crippen molar-refractivity contribution in [1.82, 2.24) is 0 Å². The van der Waals surface area contributed by atoms with Gasteiger partial charge in [0.2, 0.25) is 0 Å². The van der Waals surface area contributed by atoms with Crippen molar-refractivity contribution in [3.05, 3.63) is 29.8 Å². The largest absolute Gasteiger partial charge is 0.482 e. The molecule has 17 heavy (non-hydrogen) atoms. The predicted octanol–water partition coefficient (Wildman–Crippen LogP) is 1.83. The molecule has 5 nitrogen and oxygen atoms in total. The minimum atomic E-state index is -0.416. The van der Waals surface area contributed by atoms with E-state index in [2.05, 4.69) is 5.16 Å². The Morgan fingerprint density at radius 2 is 2.29 bits per heavy atom. The lowest BCUT2D eigenvalue weighted by atomic mass is 10.2. The lowest BCUT2D eigenvalue weighted by Gasteiger charge is -2.09. The monoisotopic (exact) mass is 237 g/mol. The number of benzene rings is 1. The van der Waals surface area contributed by atoms with Crippen LogP contribution in [-0.4, -0.2) is 30.1 Å². The zero-order valence-corrected chi connectivity index (χ0v) is 9.79. The molecule has 0 aliphatic heterocycles. The van der Waals surface area contributed by atoms with Crippen molar-refractivity contribution >= 4 is 12.2 Å². The first-order valence-electron chi connectivity index (χ1n) is 5.21. The molecule has 1 aromatic rings. The van der Waals surface area contributed by atoms with E-state index in [0.717, 1.165) is 0 Å². The first-order valence-corrected chi connectivity index (χ1v) is 5.21. The Kier molecular flexibility index (Phi) is 5.00. The van der Waals surface area contributed by atoms with Crippen molar-refractivity contribution in [1.29, 1.82) is 0 Å². The van der Waals surface area contributed by atoms with Gasteiger partial charge in [-0.05, 0) is 31.5 Å². The van der Waals surface area contributed by atoms with Gasteiger partial charge in [-0.3, -0.25) is 0 Å². The molecular formula is C12H15NO4. The Balaban J connectivity index is 2.51. The van der Waals surface area contributed by atoms with Crippen LogP contribution in [0.2, 0.25) is 0 Å². The van der Waals surface area contributed by atoms with Gasteiger partial charge in [0.25, 0.3) is 0 Å². The molecule has 0 spiro atoms. The lowest BCUT2D eigenvalue weighted by molar-refractivity contribution is -0.149. The van der Waals surface area contributed by atoms with Crippen molar-refractivity contribution in [3.63, 3.8) is 0 Å². The predicted molar refractivity (Wildman–Crippen MR) is 62.5 cm³/mol. The minimum Gasteiger partial charge on any atom is -0.482 e. The van der Waals surface area contributed by atoms with E-state index in [1.807, 2.05) is 0 Å². The Morgan fingerprint density at radius 1 is 1.53 bits per heavy atom. The fourth-order valence-electron chi connectivity index (χ4n) is 1.19. The van der Waals surface area contributed by atoms with Crippen molar-refractivity contribution in [2.75, 3.05) is 6.61 Å². The van der Waals surface area contributed by atoms with Crippen LogP contribution in [0.1, 0.15) is 19.4 Å². The number of hydrogen-bond acceptors (Lipinski definition) is 5. The highest BCUT2D eigenvalue weighted by Gasteiger charge is 2.06. The Bertz CT molecular complexity index is 401. The first kappa shape index (κ1) is 13.0. The summed E-state index contributed by atoms with van der Waals surface area (Å²) >= 11 is 0. The van der Waals surface area contributed by atoms with E-state index >= 15 is 0 Å². The molecule has 0 fully saturated rings. The van der Waals surface area contributed by atoms with Crippen LogP contribution in [-0.2, 0) is 9.53 Å². The minimum absolute atomic E-state index is 0.141. The fourth-order valence-corrected chi connectivity index (χ4v) is 1.19. The zero-order chi connectivity index (χ0) is 12.7. The molecule has 0 aliphatic rings. The third-order valence-electron chi connectivity index (χ3n) is 1.79.